The van der Waals surface area contributed by atoms with E-state index in [0.717, 1.165) is 69.2 Å². The van der Waals surface area contributed by atoms with Crippen LogP contribution in [0.3, 0.4) is 0 Å². The molecule has 2 saturated heterocycles. The molecule has 0 atom stereocenters. The first-order valence-corrected chi connectivity index (χ1v) is 11.2. The number of carbonyl (C=O) groups is 1. The smallest absolute Gasteiger partial charge is 0.234 e. The molecule has 7 nitrogen and oxygen atoms in total. The Morgan fingerprint density at radius 3 is 2.70 bits per heavy atom. The van der Waals surface area contributed by atoms with Gasteiger partial charge in [0, 0.05) is 36.1 Å². The van der Waals surface area contributed by atoms with E-state index in [-0.39, 0.29) is 17.4 Å². The van der Waals surface area contributed by atoms with Gasteiger partial charge in [-0.1, -0.05) is 11.6 Å². The molecule has 0 spiro atoms. The summed E-state index contributed by atoms with van der Waals surface area (Å²) in [6.45, 7) is 10.5. The summed E-state index contributed by atoms with van der Waals surface area (Å²) in [6, 6.07) is 5.52. The van der Waals surface area contributed by atoms with Crippen LogP contribution in [0.2, 0.25) is 5.02 Å². The molecule has 1 N–H and O–H groups in total. The lowest BCUT2D eigenvalue weighted by Crippen LogP contribution is -2.56. The maximum Gasteiger partial charge on any atom is 0.234 e. The van der Waals surface area contributed by atoms with Gasteiger partial charge in [-0.2, -0.15) is 0 Å². The van der Waals surface area contributed by atoms with Gasteiger partial charge in [-0.25, -0.2) is 4.98 Å². The molecule has 4 rings (SSSR count). The number of rotatable bonds is 6. The third kappa shape index (κ3) is 5.14. The normalized spacial score (nSPS) is 20.0. The van der Waals surface area contributed by atoms with Crippen LogP contribution in [0.15, 0.2) is 22.6 Å². The molecule has 2 aliphatic rings. The summed E-state index contributed by atoms with van der Waals surface area (Å²) < 4.78 is 11.4. The third-order valence-electron chi connectivity index (χ3n) is 6.26. The molecule has 30 heavy (non-hydrogen) atoms. The number of aromatic nitrogens is 1. The van der Waals surface area contributed by atoms with Crippen molar-refractivity contribution in [1.29, 1.82) is 0 Å². The van der Waals surface area contributed by atoms with Crippen LogP contribution in [0, 0.1) is 0 Å². The number of ether oxygens (including phenoxy) is 1. The number of nitrogens with zero attached hydrogens (tertiary/aromatic N) is 3. The molecular weight excluding hydrogens is 404 g/mol. The van der Waals surface area contributed by atoms with Crippen molar-refractivity contribution in [1.82, 2.24) is 20.1 Å². The first kappa shape index (κ1) is 21.6. The lowest BCUT2D eigenvalue weighted by atomic mass is 9.97. The molecular formula is C22H31ClN4O3. The van der Waals surface area contributed by atoms with Gasteiger partial charge in [0.1, 0.15) is 5.52 Å². The third-order valence-corrected chi connectivity index (χ3v) is 6.49. The Bertz CT molecular complexity index is 870. The standard InChI is InChI=1S/C22H31ClN4O3/c1-22(2,27-9-11-29-12-10-27)15-24-20(28)14-26-7-5-16(6-8-26)21-25-18-13-17(23)3-4-19(18)30-21/h3-4,13,16H,5-12,14-15H2,1-2H3,(H,24,28). The highest BCUT2D eigenvalue weighted by Gasteiger charge is 2.29. The van der Waals surface area contributed by atoms with Crippen molar-refractivity contribution in [2.24, 2.45) is 0 Å². The zero-order valence-corrected chi connectivity index (χ0v) is 18.6. The van der Waals surface area contributed by atoms with Gasteiger partial charge in [-0.05, 0) is 58.0 Å². The number of carbonyl (C=O) groups excluding carboxylic acids is 1. The maximum atomic E-state index is 12.5. The van der Waals surface area contributed by atoms with Gasteiger partial charge in [-0.15, -0.1) is 0 Å². The van der Waals surface area contributed by atoms with E-state index in [4.69, 9.17) is 20.8 Å². The van der Waals surface area contributed by atoms with Gasteiger partial charge >= 0.3 is 0 Å². The molecule has 164 valence electrons. The summed E-state index contributed by atoms with van der Waals surface area (Å²) in [5.41, 5.74) is 1.52. The Hall–Kier alpha value is -1.67. The Labute approximate surface area is 182 Å². The van der Waals surface area contributed by atoms with Gasteiger partial charge in [0.05, 0.1) is 19.8 Å². The molecule has 2 fully saturated rings. The van der Waals surface area contributed by atoms with E-state index in [1.807, 2.05) is 18.2 Å². The minimum atomic E-state index is -0.0672. The number of oxazole rings is 1. The van der Waals surface area contributed by atoms with Crippen molar-refractivity contribution in [2.75, 3.05) is 52.5 Å². The quantitative estimate of drug-likeness (QED) is 0.753. The number of fused-ring (bicyclic) bond motifs is 1. The molecule has 0 unspecified atom stereocenters. The fourth-order valence-corrected chi connectivity index (χ4v) is 4.45. The van der Waals surface area contributed by atoms with Crippen molar-refractivity contribution >= 4 is 28.6 Å². The average molecular weight is 435 g/mol. The second-order valence-electron chi connectivity index (χ2n) is 8.90. The molecule has 2 aromatic rings. The predicted molar refractivity (Wildman–Crippen MR) is 117 cm³/mol. The molecule has 1 amide bonds. The Morgan fingerprint density at radius 2 is 1.97 bits per heavy atom. The van der Waals surface area contributed by atoms with Crippen LogP contribution >= 0.6 is 11.6 Å². The number of hydrogen-bond acceptors (Lipinski definition) is 6. The predicted octanol–water partition coefficient (Wildman–Crippen LogP) is 2.89. The second-order valence-corrected chi connectivity index (χ2v) is 9.34. The van der Waals surface area contributed by atoms with Crippen LogP contribution in [-0.4, -0.2) is 78.7 Å². The van der Waals surface area contributed by atoms with Crippen molar-refractivity contribution in [3.8, 4) is 0 Å². The minimum absolute atomic E-state index is 0.0672. The van der Waals surface area contributed by atoms with Gasteiger partial charge < -0.3 is 14.5 Å². The van der Waals surface area contributed by atoms with Crippen LogP contribution in [0.25, 0.3) is 11.1 Å². The number of benzene rings is 1. The minimum Gasteiger partial charge on any atom is -0.440 e. The molecule has 8 heteroatoms. The lowest BCUT2D eigenvalue weighted by molar-refractivity contribution is -0.123. The van der Waals surface area contributed by atoms with Crippen molar-refractivity contribution in [3.63, 3.8) is 0 Å². The van der Waals surface area contributed by atoms with Crippen molar-refractivity contribution < 1.29 is 13.9 Å². The van der Waals surface area contributed by atoms with E-state index < -0.39 is 0 Å². The van der Waals surface area contributed by atoms with Crippen LogP contribution in [0.5, 0.6) is 0 Å². The highest BCUT2D eigenvalue weighted by atomic mass is 35.5. The number of amides is 1. The van der Waals surface area contributed by atoms with E-state index >= 15 is 0 Å². The van der Waals surface area contributed by atoms with Crippen molar-refractivity contribution in [3.05, 3.63) is 29.1 Å². The zero-order chi connectivity index (χ0) is 21.1. The topological polar surface area (TPSA) is 70.8 Å². The molecule has 2 aliphatic heterocycles. The highest BCUT2D eigenvalue weighted by Crippen LogP contribution is 2.30. The summed E-state index contributed by atoms with van der Waals surface area (Å²) in [4.78, 5) is 21.7. The van der Waals surface area contributed by atoms with Gasteiger partial charge in [-0.3, -0.25) is 14.6 Å². The molecule has 1 aromatic carbocycles. The first-order valence-electron chi connectivity index (χ1n) is 10.8. The number of nitrogens with one attached hydrogen (secondary N) is 1. The van der Waals surface area contributed by atoms with E-state index in [0.29, 0.717) is 18.1 Å². The van der Waals surface area contributed by atoms with Crippen LogP contribution in [0.4, 0.5) is 0 Å². The molecule has 0 bridgehead atoms. The van der Waals surface area contributed by atoms with Crippen LogP contribution < -0.4 is 5.32 Å². The fourth-order valence-electron chi connectivity index (χ4n) is 4.29. The van der Waals surface area contributed by atoms with E-state index in [9.17, 15) is 4.79 Å². The van der Waals surface area contributed by atoms with Crippen LogP contribution in [0.1, 0.15) is 38.5 Å². The van der Waals surface area contributed by atoms with E-state index in [1.54, 1.807) is 0 Å². The highest BCUT2D eigenvalue weighted by molar-refractivity contribution is 6.31. The number of morpholine rings is 1. The molecule has 0 aliphatic carbocycles. The van der Waals surface area contributed by atoms with Crippen LogP contribution in [-0.2, 0) is 9.53 Å². The monoisotopic (exact) mass is 434 g/mol. The summed E-state index contributed by atoms with van der Waals surface area (Å²) >= 11 is 6.04. The number of halogens is 1. The van der Waals surface area contributed by atoms with E-state index in [2.05, 4.69) is 33.9 Å². The molecule has 1 aromatic heterocycles. The van der Waals surface area contributed by atoms with Gasteiger partial charge in [0.2, 0.25) is 5.91 Å². The first-order chi connectivity index (χ1) is 14.4. The van der Waals surface area contributed by atoms with Gasteiger partial charge in [0.15, 0.2) is 11.5 Å². The number of piperidine rings is 1. The molecule has 0 radical (unpaired) electrons. The summed E-state index contributed by atoms with van der Waals surface area (Å²) in [6.07, 6.45) is 1.88. The Kier molecular flexibility index (Phi) is 6.63. The Morgan fingerprint density at radius 1 is 1.23 bits per heavy atom. The number of likely N-dealkylation sites (tertiary alicyclic amines) is 1. The van der Waals surface area contributed by atoms with E-state index in [1.165, 1.54) is 0 Å². The second kappa shape index (κ2) is 9.22. The van der Waals surface area contributed by atoms with Crippen molar-refractivity contribution in [2.45, 2.75) is 38.1 Å². The molecule has 0 saturated carbocycles. The molecule has 3 heterocycles. The average Bonchev–Trinajstić information content (AvgIpc) is 3.17. The number of hydrogen-bond donors (Lipinski definition) is 1. The zero-order valence-electron chi connectivity index (χ0n) is 17.8. The van der Waals surface area contributed by atoms with Gasteiger partial charge in [0.25, 0.3) is 0 Å². The Balaban J connectivity index is 1.23. The summed E-state index contributed by atoms with van der Waals surface area (Å²) in [5, 5.41) is 3.79. The fraction of sp³-hybridized carbons (Fsp3) is 0.636. The maximum absolute atomic E-state index is 12.5. The summed E-state index contributed by atoms with van der Waals surface area (Å²) in [7, 11) is 0. The SMILES string of the molecule is CC(C)(CNC(=O)CN1CCC(c2nc3cc(Cl)ccc3o2)CC1)N1CCOCC1. The largest absolute Gasteiger partial charge is 0.440 e. The summed E-state index contributed by atoms with van der Waals surface area (Å²) in [5.74, 6) is 1.16. The lowest BCUT2D eigenvalue weighted by Gasteiger charge is -2.41.